The van der Waals surface area contributed by atoms with Gasteiger partial charge in [0.05, 0.1) is 13.2 Å². The van der Waals surface area contributed by atoms with Gasteiger partial charge < -0.3 is 14.4 Å². The van der Waals surface area contributed by atoms with Crippen molar-refractivity contribution in [2.75, 3.05) is 45.9 Å². The summed E-state index contributed by atoms with van der Waals surface area (Å²) in [5.74, 6) is 2.26. The lowest BCUT2D eigenvalue weighted by molar-refractivity contribution is -0.132. The Morgan fingerprint density at radius 1 is 0.963 bits per heavy atom. The predicted molar refractivity (Wildman–Crippen MR) is 101 cm³/mol. The van der Waals surface area contributed by atoms with E-state index in [1.54, 1.807) is 18.2 Å². The Morgan fingerprint density at radius 2 is 1.70 bits per heavy atom. The van der Waals surface area contributed by atoms with Crippen LogP contribution < -0.4 is 9.47 Å². The third kappa shape index (κ3) is 4.80. The number of piperazine rings is 1. The zero-order chi connectivity index (χ0) is 18.6. The molecule has 2 aliphatic heterocycles. The van der Waals surface area contributed by atoms with E-state index < -0.39 is 0 Å². The summed E-state index contributed by atoms with van der Waals surface area (Å²) >= 11 is 0. The Hall–Kier alpha value is -2.08. The van der Waals surface area contributed by atoms with E-state index in [2.05, 4.69) is 4.90 Å². The minimum atomic E-state index is -0.0219. The second-order valence-electron chi connectivity index (χ2n) is 7.76. The Labute approximate surface area is 160 Å². The summed E-state index contributed by atoms with van der Waals surface area (Å²) in [6.45, 7) is 5.88. The largest absolute Gasteiger partial charge is 0.490 e. The Bertz CT molecular complexity index is 693. The lowest BCUT2D eigenvalue weighted by Gasteiger charge is -2.34. The van der Waals surface area contributed by atoms with Gasteiger partial charge in [0.2, 0.25) is 5.91 Å². The molecule has 1 aromatic rings. The van der Waals surface area contributed by atoms with Gasteiger partial charge in [-0.15, -0.1) is 0 Å². The molecule has 0 aromatic heterocycles. The molecule has 3 aliphatic rings. The molecule has 0 radical (unpaired) electrons. The molecule has 0 unspecified atom stereocenters. The number of amides is 1. The van der Waals surface area contributed by atoms with Crippen molar-refractivity contribution in [2.24, 2.45) is 5.92 Å². The van der Waals surface area contributed by atoms with Crippen LogP contribution in [0.15, 0.2) is 18.2 Å². The molecule has 0 N–H and O–H groups in total. The average Bonchev–Trinajstić information content (AvgIpc) is 3.52. The molecular weight excluding hydrogens is 344 g/mol. The maximum Gasteiger partial charge on any atom is 0.223 e. The predicted octanol–water partition coefficient (Wildman–Crippen LogP) is 2.37. The fraction of sp³-hybridized carbons (Fsp3) is 0.619. The first-order chi connectivity index (χ1) is 13.2. The van der Waals surface area contributed by atoms with Crippen molar-refractivity contribution in [2.45, 2.75) is 32.1 Å². The van der Waals surface area contributed by atoms with Crippen molar-refractivity contribution < 1.29 is 19.1 Å². The monoisotopic (exact) mass is 372 g/mol. The lowest BCUT2D eigenvalue weighted by atomic mass is 10.1. The standard InChI is InChI=1S/C21H28N2O4/c24-18(17-4-6-19-20(14-17)27-13-1-12-26-19)5-7-21(25)23-10-8-22(9-11-23)15-16-2-3-16/h4,6,14,16H,1-3,5,7-13,15H2. The van der Waals surface area contributed by atoms with Crippen LogP contribution in [0.4, 0.5) is 0 Å². The van der Waals surface area contributed by atoms with Crippen LogP contribution in [-0.4, -0.2) is 67.4 Å². The molecular formula is C21H28N2O4. The smallest absolute Gasteiger partial charge is 0.223 e. The van der Waals surface area contributed by atoms with E-state index in [9.17, 15) is 9.59 Å². The van der Waals surface area contributed by atoms with Gasteiger partial charge in [0.1, 0.15) is 0 Å². The minimum Gasteiger partial charge on any atom is -0.490 e. The van der Waals surface area contributed by atoms with E-state index in [1.807, 2.05) is 4.90 Å². The van der Waals surface area contributed by atoms with Gasteiger partial charge in [-0.1, -0.05) is 0 Å². The van der Waals surface area contributed by atoms with Crippen molar-refractivity contribution in [1.29, 1.82) is 0 Å². The lowest BCUT2D eigenvalue weighted by Crippen LogP contribution is -2.49. The molecule has 0 bridgehead atoms. The van der Waals surface area contributed by atoms with Crippen LogP contribution in [0, 0.1) is 5.92 Å². The second kappa shape index (κ2) is 8.30. The molecule has 4 rings (SSSR count). The van der Waals surface area contributed by atoms with Crippen LogP contribution in [0.5, 0.6) is 11.5 Å². The van der Waals surface area contributed by atoms with E-state index in [1.165, 1.54) is 19.4 Å². The van der Waals surface area contributed by atoms with Gasteiger partial charge in [-0.2, -0.15) is 0 Å². The summed E-state index contributed by atoms with van der Waals surface area (Å²) < 4.78 is 11.2. The minimum absolute atomic E-state index is 0.0219. The number of benzene rings is 1. The van der Waals surface area contributed by atoms with E-state index in [0.717, 1.165) is 38.5 Å². The first-order valence-corrected chi connectivity index (χ1v) is 10.1. The molecule has 2 heterocycles. The number of ether oxygens (including phenoxy) is 2. The zero-order valence-corrected chi connectivity index (χ0v) is 15.8. The zero-order valence-electron chi connectivity index (χ0n) is 15.8. The van der Waals surface area contributed by atoms with Gasteiger partial charge in [-0.3, -0.25) is 14.5 Å². The fourth-order valence-electron chi connectivity index (χ4n) is 3.71. The molecule has 1 aliphatic carbocycles. The number of hydrogen-bond donors (Lipinski definition) is 0. The van der Waals surface area contributed by atoms with E-state index in [0.29, 0.717) is 30.3 Å². The molecule has 146 valence electrons. The SMILES string of the molecule is O=C(CCC(=O)N1CCN(CC2CC2)CC1)c1ccc2c(c1)OCCCO2. The van der Waals surface area contributed by atoms with Crippen LogP contribution >= 0.6 is 0 Å². The maximum atomic E-state index is 12.5. The number of carbonyl (C=O) groups is 2. The van der Waals surface area contributed by atoms with Crippen molar-refractivity contribution in [1.82, 2.24) is 9.80 Å². The number of hydrogen-bond acceptors (Lipinski definition) is 5. The Kier molecular flexibility index (Phi) is 5.62. The molecule has 1 saturated heterocycles. The number of nitrogens with zero attached hydrogens (tertiary/aromatic N) is 2. The van der Waals surface area contributed by atoms with Crippen molar-refractivity contribution in [3.63, 3.8) is 0 Å². The Balaban J connectivity index is 1.25. The van der Waals surface area contributed by atoms with E-state index in [4.69, 9.17) is 9.47 Å². The van der Waals surface area contributed by atoms with Gasteiger partial charge in [0, 0.05) is 57.5 Å². The van der Waals surface area contributed by atoms with Crippen molar-refractivity contribution in [3.8, 4) is 11.5 Å². The van der Waals surface area contributed by atoms with Gasteiger partial charge in [-0.25, -0.2) is 0 Å². The van der Waals surface area contributed by atoms with Gasteiger partial charge in [0.25, 0.3) is 0 Å². The van der Waals surface area contributed by atoms with E-state index >= 15 is 0 Å². The van der Waals surface area contributed by atoms with Crippen molar-refractivity contribution in [3.05, 3.63) is 23.8 Å². The summed E-state index contributed by atoms with van der Waals surface area (Å²) in [7, 11) is 0. The highest BCUT2D eigenvalue weighted by atomic mass is 16.5. The topological polar surface area (TPSA) is 59.1 Å². The first kappa shape index (κ1) is 18.3. The van der Waals surface area contributed by atoms with Gasteiger partial charge >= 0.3 is 0 Å². The van der Waals surface area contributed by atoms with Crippen LogP contribution in [-0.2, 0) is 4.79 Å². The average molecular weight is 372 g/mol. The van der Waals surface area contributed by atoms with Crippen LogP contribution in [0.25, 0.3) is 0 Å². The summed E-state index contributed by atoms with van der Waals surface area (Å²) in [4.78, 5) is 29.3. The molecule has 0 spiro atoms. The highest BCUT2D eigenvalue weighted by molar-refractivity contribution is 5.98. The molecule has 1 aromatic carbocycles. The van der Waals surface area contributed by atoms with Crippen LogP contribution in [0.1, 0.15) is 42.5 Å². The number of Topliss-reactive ketones (excluding diaryl/α,β-unsaturated/α-hetero) is 1. The molecule has 27 heavy (non-hydrogen) atoms. The molecule has 1 saturated carbocycles. The molecule has 1 amide bonds. The molecule has 2 fully saturated rings. The van der Waals surface area contributed by atoms with Crippen LogP contribution in [0.2, 0.25) is 0 Å². The summed E-state index contributed by atoms with van der Waals surface area (Å²) in [6.07, 6.45) is 4.07. The number of rotatable bonds is 6. The third-order valence-corrected chi connectivity index (χ3v) is 5.57. The molecule has 6 heteroatoms. The quantitative estimate of drug-likeness (QED) is 0.718. The van der Waals surface area contributed by atoms with Crippen molar-refractivity contribution >= 4 is 11.7 Å². The maximum absolute atomic E-state index is 12.5. The number of fused-ring (bicyclic) bond motifs is 1. The summed E-state index contributed by atoms with van der Waals surface area (Å²) in [6, 6.07) is 5.29. The summed E-state index contributed by atoms with van der Waals surface area (Å²) in [5, 5.41) is 0. The first-order valence-electron chi connectivity index (χ1n) is 10.1. The molecule has 0 atom stereocenters. The van der Waals surface area contributed by atoms with Gasteiger partial charge in [-0.05, 0) is 37.0 Å². The highest BCUT2D eigenvalue weighted by Crippen LogP contribution is 2.31. The molecule has 6 nitrogen and oxygen atoms in total. The number of ketones is 1. The number of carbonyl (C=O) groups excluding carboxylic acids is 2. The summed E-state index contributed by atoms with van der Waals surface area (Å²) in [5.41, 5.74) is 0.585. The fourth-order valence-corrected chi connectivity index (χ4v) is 3.71. The third-order valence-electron chi connectivity index (χ3n) is 5.57. The Morgan fingerprint density at radius 3 is 2.44 bits per heavy atom. The van der Waals surface area contributed by atoms with Gasteiger partial charge in [0.15, 0.2) is 17.3 Å². The normalized spacial score (nSPS) is 20.2. The van der Waals surface area contributed by atoms with E-state index in [-0.39, 0.29) is 24.5 Å². The second-order valence-corrected chi connectivity index (χ2v) is 7.76. The van der Waals surface area contributed by atoms with Crippen LogP contribution in [0.3, 0.4) is 0 Å². The highest BCUT2D eigenvalue weighted by Gasteiger charge is 2.27.